The van der Waals surface area contributed by atoms with Gasteiger partial charge in [-0.25, -0.2) is 4.79 Å². The van der Waals surface area contributed by atoms with Gasteiger partial charge in [-0.2, -0.15) is 0 Å². The summed E-state index contributed by atoms with van der Waals surface area (Å²) in [5, 5.41) is 8.71. The highest BCUT2D eigenvalue weighted by Gasteiger charge is 2.26. The Morgan fingerprint density at radius 3 is 3.00 bits per heavy atom. The normalized spacial score (nSPS) is 33.6. The van der Waals surface area contributed by atoms with Crippen molar-refractivity contribution in [2.24, 2.45) is 11.8 Å². The Bertz CT molecular complexity index is 250. The third kappa shape index (κ3) is 1.09. The predicted octanol–water partition coefficient (Wildman–Crippen LogP) is 1.59. The molecular formula is C9H10O2. The fourth-order valence-electron chi connectivity index (χ4n) is 1.85. The van der Waals surface area contributed by atoms with Gasteiger partial charge in [0.1, 0.15) is 0 Å². The van der Waals surface area contributed by atoms with Gasteiger partial charge in [-0.15, -0.1) is 0 Å². The molecule has 2 atom stereocenters. The highest BCUT2D eigenvalue weighted by Crippen LogP contribution is 2.35. The summed E-state index contributed by atoms with van der Waals surface area (Å²) in [7, 11) is 0. The van der Waals surface area contributed by atoms with E-state index >= 15 is 0 Å². The van der Waals surface area contributed by atoms with Crippen LogP contribution in [0.4, 0.5) is 0 Å². The van der Waals surface area contributed by atoms with Crippen LogP contribution in [0, 0.1) is 11.8 Å². The molecule has 2 nitrogen and oxygen atoms in total. The molecule has 0 saturated carbocycles. The van der Waals surface area contributed by atoms with Crippen molar-refractivity contribution in [3.8, 4) is 0 Å². The van der Waals surface area contributed by atoms with E-state index in [0.717, 1.165) is 12.8 Å². The molecule has 0 fully saturated rings. The first-order valence-electron chi connectivity index (χ1n) is 3.88. The zero-order valence-corrected chi connectivity index (χ0v) is 6.16. The van der Waals surface area contributed by atoms with Crippen molar-refractivity contribution in [3.63, 3.8) is 0 Å². The van der Waals surface area contributed by atoms with Crippen LogP contribution in [0.1, 0.15) is 12.8 Å². The fraction of sp³-hybridized carbons (Fsp3) is 0.444. The van der Waals surface area contributed by atoms with Crippen molar-refractivity contribution in [2.45, 2.75) is 12.8 Å². The third-order valence-corrected chi connectivity index (χ3v) is 2.38. The van der Waals surface area contributed by atoms with Crippen molar-refractivity contribution in [2.75, 3.05) is 0 Å². The van der Waals surface area contributed by atoms with Crippen LogP contribution < -0.4 is 0 Å². The van der Waals surface area contributed by atoms with Crippen LogP contribution in [0.25, 0.3) is 0 Å². The van der Waals surface area contributed by atoms with Crippen molar-refractivity contribution in [3.05, 3.63) is 23.8 Å². The Kier molecular flexibility index (Phi) is 1.34. The monoisotopic (exact) mass is 150 g/mol. The van der Waals surface area contributed by atoms with Crippen LogP contribution in [0.2, 0.25) is 0 Å². The molecule has 0 spiro atoms. The van der Waals surface area contributed by atoms with Crippen LogP contribution in [-0.4, -0.2) is 11.1 Å². The highest BCUT2D eigenvalue weighted by atomic mass is 16.4. The first-order chi connectivity index (χ1) is 5.25. The Balaban J connectivity index is 2.23. The van der Waals surface area contributed by atoms with E-state index in [-0.39, 0.29) is 0 Å². The van der Waals surface area contributed by atoms with E-state index in [4.69, 9.17) is 5.11 Å². The number of carboxylic acid groups (broad SMARTS) is 1. The molecule has 11 heavy (non-hydrogen) atoms. The zero-order valence-electron chi connectivity index (χ0n) is 6.16. The van der Waals surface area contributed by atoms with Crippen molar-refractivity contribution < 1.29 is 9.90 Å². The van der Waals surface area contributed by atoms with Crippen LogP contribution in [-0.2, 0) is 4.79 Å². The second-order valence-corrected chi connectivity index (χ2v) is 3.25. The second-order valence-electron chi connectivity index (χ2n) is 3.25. The molecule has 2 aliphatic rings. The third-order valence-electron chi connectivity index (χ3n) is 2.38. The molecule has 2 unspecified atom stereocenters. The number of carbonyl (C=O) groups is 1. The highest BCUT2D eigenvalue weighted by molar-refractivity contribution is 5.87. The SMILES string of the molecule is O=C(O)C1=CC2C=CC(C1)C2. The lowest BCUT2D eigenvalue weighted by molar-refractivity contribution is -0.133. The van der Waals surface area contributed by atoms with Crippen LogP contribution in [0.3, 0.4) is 0 Å². The first kappa shape index (κ1) is 6.65. The minimum absolute atomic E-state index is 0.403. The number of fused-ring (bicyclic) bond motifs is 2. The van der Waals surface area contributed by atoms with Crippen molar-refractivity contribution in [1.29, 1.82) is 0 Å². The van der Waals surface area contributed by atoms with Gasteiger partial charge in [0.25, 0.3) is 0 Å². The Hall–Kier alpha value is -1.05. The molecule has 0 aliphatic heterocycles. The number of hydrogen-bond acceptors (Lipinski definition) is 1. The number of allylic oxidation sites excluding steroid dienone is 3. The van der Waals surface area contributed by atoms with Gasteiger partial charge in [0, 0.05) is 5.57 Å². The average Bonchev–Trinajstić information content (AvgIpc) is 2.30. The molecule has 0 aromatic rings. The summed E-state index contributed by atoms with van der Waals surface area (Å²) in [6.07, 6.45) is 7.97. The smallest absolute Gasteiger partial charge is 0.331 e. The van der Waals surface area contributed by atoms with E-state index in [2.05, 4.69) is 12.2 Å². The lowest BCUT2D eigenvalue weighted by Crippen LogP contribution is -2.11. The lowest BCUT2D eigenvalue weighted by Gasteiger charge is -2.16. The molecule has 0 amide bonds. The van der Waals surface area contributed by atoms with Gasteiger partial charge < -0.3 is 5.11 Å². The Morgan fingerprint density at radius 1 is 1.55 bits per heavy atom. The van der Waals surface area contributed by atoms with Crippen LogP contribution >= 0.6 is 0 Å². The maximum absolute atomic E-state index is 10.6. The maximum Gasteiger partial charge on any atom is 0.331 e. The van der Waals surface area contributed by atoms with Gasteiger partial charge >= 0.3 is 5.97 Å². The van der Waals surface area contributed by atoms with Crippen molar-refractivity contribution in [1.82, 2.24) is 0 Å². The lowest BCUT2D eigenvalue weighted by atomic mass is 9.88. The van der Waals surface area contributed by atoms with Crippen LogP contribution in [0.15, 0.2) is 23.8 Å². The summed E-state index contributed by atoms with van der Waals surface area (Å²) in [5.74, 6) is 0.152. The molecular weight excluding hydrogens is 140 g/mol. The summed E-state index contributed by atoms with van der Waals surface area (Å²) in [5.41, 5.74) is 0.594. The van der Waals surface area contributed by atoms with E-state index in [1.165, 1.54) is 0 Å². The summed E-state index contributed by atoms with van der Waals surface area (Å²) in [6.45, 7) is 0. The van der Waals surface area contributed by atoms with E-state index in [9.17, 15) is 4.79 Å². The van der Waals surface area contributed by atoms with Gasteiger partial charge in [-0.1, -0.05) is 18.2 Å². The van der Waals surface area contributed by atoms with E-state index in [0.29, 0.717) is 17.4 Å². The molecule has 0 radical (unpaired) electrons. The topological polar surface area (TPSA) is 37.3 Å². The standard InChI is InChI=1S/C9H10O2/c10-9(11)8-4-6-1-2-7(3-6)5-8/h1-2,4,6-7H,3,5H2,(H,10,11). The summed E-state index contributed by atoms with van der Waals surface area (Å²) in [4.78, 5) is 10.6. The zero-order chi connectivity index (χ0) is 7.84. The van der Waals surface area contributed by atoms with Gasteiger partial charge in [-0.3, -0.25) is 0 Å². The minimum Gasteiger partial charge on any atom is -0.478 e. The molecule has 2 heteroatoms. The quantitative estimate of drug-likeness (QED) is 0.576. The first-order valence-corrected chi connectivity index (χ1v) is 3.88. The number of hydrogen-bond donors (Lipinski definition) is 1. The van der Waals surface area contributed by atoms with Gasteiger partial charge in [0.15, 0.2) is 0 Å². The molecule has 0 saturated heterocycles. The average molecular weight is 150 g/mol. The minimum atomic E-state index is -0.747. The van der Waals surface area contributed by atoms with Crippen LogP contribution in [0.5, 0.6) is 0 Å². The van der Waals surface area contributed by atoms with E-state index < -0.39 is 5.97 Å². The summed E-state index contributed by atoms with van der Waals surface area (Å²) in [6, 6.07) is 0. The van der Waals surface area contributed by atoms with Crippen molar-refractivity contribution >= 4 is 5.97 Å². The molecule has 2 bridgehead atoms. The second kappa shape index (κ2) is 2.22. The summed E-state index contributed by atoms with van der Waals surface area (Å²) >= 11 is 0. The molecule has 0 aromatic carbocycles. The number of aliphatic carboxylic acids is 1. The van der Waals surface area contributed by atoms with E-state index in [1.807, 2.05) is 6.08 Å². The number of carboxylic acids is 1. The summed E-state index contributed by atoms with van der Waals surface area (Å²) < 4.78 is 0. The van der Waals surface area contributed by atoms with Gasteiger partial charge in [-0.05, 0) is 24.7 Å². The van der Waals surface area contributed by atoms with Gasteiger partial charge in [0.2, 0.25) is 0 Å². The predicted molar refractivity (Wildman–Crippen MR) is 41.1 cm³/mol. The molecule has 2 aliphatic carbocycles. The molecule has 0 aromatic heterocycles. The molecule has 2 rings (SSSR count). The maximum atomic E-state index is 10.6. The largest absolute Gasteiger partial charge is 0.478 e. The van der Waals surface area contributed by atoms with E-state index in [1.54, 1.807) is 0 Å². The number of rotatable bonds is 1. The Morgan fingerprint density at radius 2 is 2.36 bits per heavy atom. The molecule has 58 valence electrons. The Labute approximate surface area is 65.2 Å². The molecule has 1 N–H and O–H groups in total. The van der Waals surface area contributed by atoms with Gasteiger partial charge in [0.05, 0.1) is 0 Å². The fourth-order valence-corrected chi connectivity index (χ4v) is 1.85. The molecule has 0 heterocycles.